The highest BCUT2D eigenvalue weighted by Gasteiger charge is 2.10. The molecular formula is C18H14IN3O2S. The number of nitrogens with one attached hydrogen (secondary N) is 1. The van der Waals surface area contributed by atoms with Crippen molar-refractivity contribution in [3.8, 4) is 23.8 Å². The zero-order valence-electron chi connectivity index (χ0n) is 13.3. The molecule has 3 rings (SSSR count). The molecular weight excluding hydrogens is 449 g/mol. The number of hydrazone groups is 1. The van der Waals surface area contributed by atoms with E-state index in [9.17, 15) is 0 Å². The summed E-state index contributed by atoms with van der Waals surface area (Å²) in [4.78, 5) is 4.47. The monoisotopic (exact) mass is 463 g/mol. The van der Waals surface area contributed by atoms with E-state index in [1.807, 2.05) is 36.4 Å². The topological polar surface area (TPSA) is 55.7 Å². The van der Waals surface area contributed by atoms with Crippen molar-refractivity contribution in [3.63, 3.8) is 0 Å². The maximum Gasteiger partial charge on any atom is 0.204 e. The molecule has 5 nitrogen and oxygen atoms in total. The summed E-state index contributed by atoms with van der Waals surface area (Å²) in [6.45, 7) is 0.193. The minimum Gasteiger partial charge on any atom is -0.493 e. The van der Waals surface area contributed by atoms with Gasteiger partial charge in [0.1, 0.15) is 6.61 Å². The molecule has 0 amide bonds. The first-order chi connectivity index (χ1) is 12.2. The summed E-state index contributed by atoms with van der Waals surface area (Å²) in [5.74, 6) is 3.70. The van der Waals surface area contributed by atoms with Crippen LogP contribution < -0.4 is 14.9 Å². The van der Waals surface area contributed by atoms with E-state index in [0.717, 1.165) is 24.5 Å². The molecule has 0 aliphatic heterocycles. The Morgan fingerprint density at radius 3 is 3.00 bits per heavy atom. The molecule has 0 radical (unpaired) electrons. The van der Waals surface area contributed by atoms with Crippen LogP contribution in [0.2, 0.25) is 0 Å². The summed E-state index contributed by atoms with van der Waals surface area (Å²) in [7, 11) is 1.59. The minimum atomic E-state index is 0.193. The number of halogens is 1. The first-order valence-electron chi connectivity index (χ1n) is 7.29. The van der Waals surface area contributed by atoms with Crippen molar-refractivity contribution in [2.75, 3.05) is 19.1 Å². The van der Waals surface area contributed by atoms with Gasteiger partial charge in [-0.2, -0.15) is 5.10 Å². The van der Waals surface area contributed by atoms with Gasteiger partial charge in [0.15, 0.2) is 11.5 Å². The lowest BCUT2D eigenvalue weighted by Crippen LogP contribution is -2.00. The van der Waals surface area contributed by atoms with Crippen LogP contribution in [0.1, 0.15) is 5.56 Å². The third-order valence-corrected chi connectivity index (χ3v) is 4.96. The molecule has 0 aliphatic rings. The van der Waals surface area contributed by atoms with Gasteiger partial charge >= 0.3 is 0 Å². The fraction of sp³-hybridized carbons (Fsp3) is 0.111. The Bertz CT molecular complexity index is 930. The van der Waals surface area contributed by atoms with Crippen LogP contribution in [0, 0.1) is 15.9 Å². The summed E-state index contributed by atoms with van der Waals surface area (Å²) in [6.07, 6.45) is 6.95. The molecule has 3 aromatic rings. The number of para-hydroxylation sites is 1. The number of terminal acetylenes is 1. The van der Waals surface area contributed by atoms with Crippen molar-refractivity contribution in [3.05, 3.63) is 45.5 Å². The van der Waals surface area contributed by atoms with Gasteiger partial charge in [-0.3, -0.25) is 5.43 Å². The number of thiazole rings is 1. The van der Waals surface area contributed by atoms with E-state index in [1.54, 1.807) is 24.7 Å². The maximum absolute atomic E-state index is 5.53. The van der Waals surface area contributed by atoms with E-state index in [1.165, 1.54) is 0 Å². The van der Waals surface area contributed by atoms with Crippen LogP contribution in [-0.4, -0.2) is 24.9 Å². The SMILES string of the molecule is C#CCOc1c(I)cc(C=NNc2nc3ccccc3s2)cc1OC. The van der Waals surface area contributed by atoms with Crippen molar-refractivity contribution >= 4 is 55.5 Å². The highest BCUT2D eigenvalue weighted by molar-refractivity contribution is 14.1. The molecule has 1 N–H and O–H groups in total. The molecule has 0 unspecified atom stereocenters. The standard InChI is InChI=1S/C18H14IN3O2S/c1-3-8-24-17-13(19)9-12(10-15(17)23-2)11-20-22-18-21-14-6-4-5-7-16(14)25-18/h1,4-7,9-11H,8H2,2H3,(H,21,22). The second-order valence-electron chi connectivity index (χ2n) is 4.88. The van der Waals surface area contributed by atoms with Gasteiger partial charge in [-0.1, -0.05) is 29.4 Å². The van der Waals surface area contributed by atoms with Gasteiger partial charge in [0.05, 0.1) is 27.1 Å². The largest absolute Gasteiger partial charge is 0.493 e. The fourth-order valence-electron chi connectivity index (χ4n) is 2.15. The quantitative estimate of drug-likeness (QED) is 0.256. The van der Waals surface area contributed by atoms with Crippen molar-refractivity contribution in [1.29, 1.82) is 0 Å². The van der Waals surface area contributed by atoms with E-state index >= 15 is 0 Å². The number of hydrogen-bond acceptors (Lipinski definition) is 6. The first kappa shape index (κ1) is 17.5. The van der Waals surface area contributed by atoms with Gasteiger partial charge in [0.25, 0.3) is 0 Å². The summed E-state index contributed by atoms with van der Waals surface area (Å²) in [5, 5.41) is 5.00. The lowest BCUT2D eigenvalue weighted by Gasteiger charge is -2.11. The predicted molar refractivity (Wildman–Crippen MR) is 111 cm³/mol. The number of rotatable bonds is 6. The van der Waals surface area contributed by atoms with Crippen LogP contribution in [0.25, 0.3) is 10.2 Å². The highest BCUT2D eigenvalue weighted by atomic mass is 127. The molecule has 2 aromatic carbocycles. The van der Waals surface area contributed by atoms with E-state index in [0.29, 0.717) is 11.5 Å². The number of hydrogen-bond donors (Lipinski definition) is 1. The number of anilines is 1. The fourth-order valence-corrected chi connectivity index (χ4v) is 3.75. The molecule has 0 fully saturated rings. The minimum absolute atomic E-state index is 0.193. The average molecular weight is 463 g/mol. The molecule has 0 aliphatic carbocycles. The molecule has 0 saturated carbocycles. The van der Waals surface area contributed by atoms with Gasteiger partial charge in [-0.25, -0.2) is 4.98 Å². The predicted octanol–water partition coefficient (Wildman–Crippen LogP) is 4.37. The first-order valence-corrected chi connectivity index (χ1v) is 9.19. The zero-order valence-corrected chi connectivity index (χ0v) is 16.3. The normalized spacial score (nSPS) is 10.8. The van der Waals surface area contributed by atoms with Gasteiger partial charge in [0.2, 0.25) is 5.13 Å². The third kappa shape index (κ3) is 4.21. The Morgan fingerprint density at radius 2 is 2.24 bits per heavy atom. The molecule has 0 spiro atoms. The second-order valence-corrected chi connectivity index (χ2v) is 7.08. The Balaban J connectivity index is 1.76. The average Bonchev–Trinajstić information content (AvgIpc) is 3.03. The molecule has 25 heavy (non-hydrogen) atoms. The van der Waals surface area contributed by atoms with Crippen molar-refractivity contribution in [2.24, 2.45) is 5.10 Å². The third-order valence-electron chi connectivity index (χ3n) is 3.22. The molecule has 7 heteroatoms. The lowest BCUT2D eigenvalue weighted by molar-refractivity contribution is 0.328. The van der Waals surface area contributed by atoms with Gasteiger partial charge in [0, 0.05) is 0 Å². The van der Waals surface area contributed by atoms with Crippen LogP contribution in [0.4, 0.5) is 5.13 Å². The summed E-state index contributed by atoms with van der Waals surface area (Å²) >= 11 is 3.74. The Kier molecular flexibility index (Phi) is 5.73. The molecule has 1 heterocycles. The Labute approximate surface area is 163 Å². The summed E-state index contributed by atoms with van der Waals surface area (Å²) < 4.78 is 12.9. The molecule has 0 saturated heterocycles. The van der Waals surface area contributed by atoms with E-state index in [4.69, 9.17) is 15.9 Å². The Morgan fingerprint density at radius 1 is 1.40 bits per heavy atom. The van der Waals surface area contributed by atoms with Crippen molar-refractivity contribution in [2.45, 2.75) is 0 Å². The van der Waals surface area contributed by atoms with E-state index in [-0.39, 0.29) is 6.61 Å². The number of benzene rings is 2. The number of methoxy groups -OCH3 is 1. The lowest BCUT2D eigenvalue weighted by atomic mass is 10.2. The molecule has 1 aromatic heterocycles. The van der Waals surface area contributed by atoms with E-state index in [2.05, 4.69) is 44.0 Å². The molecule has 0 bridgehead atoms. The van der Waals surface area contributed by atoms with Crippen molar-refractivity contribution in [1.82, 2.24) is 4.98 Å². The molecule has 0 atom stereocenters. The van der Waals surface area contributed by atoms with E-state index < -0.39 is 0 Å². The van der Waals surface area contributed by atoms with Gasteiger partial charge in [-0.15, -0.1) is 6.42 Å². The molecule has 126 valence electrons. The Hall–Kier alpha value is -2.31. The van der Waals surface area contributed by atoms with Gasteiger partial charge < -0.3 is 9.47 Å². The highest BCUT2D eigenvalue weighted by Crippen LogP contribution is 2.33. The number of aromatic nitrogens is 1. The van der Waals surface area contributed by atoms with Crippen LogP contribution in [-0.2, 0) is 0 Å². The van der Waals surface area contributed by atoms with Gasteiger partial charge in [-0.05, 0) is 52.4 Å². The smallest absolute Gasteiger partial charge is 0.204 e. The second kappa shape index (κ2) is 8.18. The van der Waals surface area contributed by atoms with Crippen molar-refractivity contribution < 1.29 is 9.47 Å². The number of fused-ring (bicyclic) bond motifs is 1. The number of nitrogens with zero attached hydrogens (tertiary/aromatic N) is 2. The zero-order chi connectivity index (χ0) is 17.6. The maximum atomic E-state index is 5.53. The van der Waals surface area contributed by atoms with Crippen LogP contribution in [0.5, 0.6) is 11.5 Å². The summed E-state index contributed by atoms with van der Waals surface area (Å²) in [5.41, 5.74) is 4.80. The van der Waals surface area contributed by atoms with Crippen LogP contribution in [0.15, 0.2) is 41.5 Å². The number of ether oxygens (including phenoxy) is 2. The van der Waals surface area contributed by atoms with Crippen LogP contribution in [0.3, 0.4) is 0 Å². The van der Waals surface area contributed by atoms with Crippen LogP contribution >= 0.6 is 33.9 Å². The summed E-state index contributed by atoms with van der Waals surface area (Å²) in [6, 6.07) is 11.8.